The zero-order valence-electron chi connectivity index (χ0n) is 22.5. The number of aromatic nitrogens is 2. The molecule has 0 saturated heterocycles. The Bertz CT molecular complexity index is 1220. The van der Waals surface area contributed by atoms with Crippen LogP contribution < -0.4 is 5.56 Å². The number of hydrogen-bond donors (Lipinski definition) is 0. The fourth-order valence-corrected chi connectivity index (χ4v) is 4.78. The third-order valence-corrected chi connectivity index (χ3v) is 6.84. The van der Waals surface area contributed by atoms with Gasteiger partial charge in [-0.25, -0.2) is 4.98 Å². The zero-order valence-corrected chi connectivity index (χ0v) is 22.5. The number of aryl methyl sites for hydroxylation is 2. The van der Waals surface area contributed by atoms with Crippen molar-refractivity contribution in [2.24, 2.45) is 0 Å². The highest BCUT2D eigenvalue weighted by molar-refractivity contribution is 5.79. The predicted octanol–water partition coefficient (Wildman–Crippen LogP) is 6.29. The van der Waals surface area contributed by atoms with E-state index in [-0.39, 0.29) is 11.5 Å². The van der Waals surface area contributed by atoms with Crippen LogP contribution in [0.5, 0.6) is 0 Å². The third-order valence-electron chi connectivity index (χ3n) is 6.84. The number of nitrogens with zero attached hydrogens (tertiary/aromatic N) is 3. The van der Waals surface area contributed by atoms with E-state index in [4.69, 9.17) is 9.72 Å². The van der Waals surface area contributed by atoms with Gasteiger partial charge in [0.05, 0.1) is 29.2 Å². The lowest BCUT2D eigenvalue weighted by atomic mass is 10.1. The number of rotatable bonds is 13. The number of para-hydroxylation sites is 1. The van der Waals surface area contributed by atoms with Crippen molar-refractivity contribution in [1.82, 2.24) is 14.5 Å². The van der Waals surface area contributed by atoms with Gasteiger partial charge in [-0.05, 0) is 51.0 Å². The molecule has 1 amide bonds. The molecular formula is C30H41N3O3. The Kier molecular flexibility index (Phi) is 10.2. The first-order chi connectivity index (χ1) is 17.4. The quantitative estimate of drug-likeness (QED) is 0.264. The number of benzene rings is 2. The van der Waals surface area contributed by atoms with Crippen molar-refractivity contribution in [3.05, 3.63) is 69.8 Å². The number of hydrogen-bond acceptors (Lipinski definition) is 4. The molecule has 0 aliphatic carbocycles. The molecule has 194 valence electrons. The fraction of sp³-hybridized carbons (Fsp3) is 0.500. The van der Waals surface area contributed by atoms with E-state index in [1.807, 2.05) is 62.1 Å². The highest BCUT2D eigenvalue weighted by Crippen LogP contribution is 2.25. The van der Waals surface area contributed by atoms with Gasteiger partial charge in [0.15, 0.2) is 0 Å². The van der Waals surface area contributed by atoms with Crippen molar-refractivity contribution >= 4 is 16.8 Å². The van der Waals surface area contributed by atoms with Crippen LogP contribution in [0.1, 0.15) is 81.8 Å². The third kappa shape index (κ3) is 6.61. The van der Waals surface area contributed by atoms with Gasteiger partial charge in [-0.1, -0.05) is 68.9 Å². The largest absolute Gasteiger partial charge is 0.383 e. The molecule has 0 bridgehead atoms. The van der Waals surface area contributed by atoms with E-state index in [0.29, 0.717) is 36.3 Å². The van der Waals surface area contributed by atoms with Crippen molar-refractivity contribution in [3.8, 4) is 5.69 Å². The summed E-state index contributed by atoms with van der Waals surface area (Å²) in [7, 11) is 1.64. The number of unbranched alkanes of at least 4 members (excludes halogenated alkanes) is 5. The summed E-state index contributed by atoms with van der Waals surface area (Å²) in [6.07, 6.45) is 7.25. The summed E-state index contributed by atoms with van der Waals surface area (Å²) in [6.45, 7) is 9.08. The lowest BCUT2D eigenvalue weighted by Gasteiger charge is -2.31. The van der Waals surface area contributed by atoms with Gasteiger partial charge in [0.25, 0.3) is 5.56 Å². The number of methoxy groups -OCH3 is 1. The maximum atomic E-state index is 13.8. The van der Waals surface area contributed by atoms with Crippen molar-refractivity contribution < 1.29 is 9.53 Å². The Morgan fingerprint density at radius 1 is 1.06 bits per heavy atom. The van der Waals surface area contributed by atoms with Crippen molar-refractivity contribution in [3.63, 3.8) is 0 Å². The Balaban J connectivity index is 2.01. The Morgan fingerprint density at radius 2 is 1.78 bits per heavy atom. The van der Waals surface area contributed by atoms with Crippen molar-refractivity contribution in [2.45, 2.75) is 78.7 Å². The molecule has 1 heterocycles. The molecule has 1 unspecified atom stereocenters. The second kappa shape index (κ2) is 13.4. The molecule has 6 heteroatoms. The van der Waals surface area contributed by atoms with Gasteiger partial charge in [-0.2, -0.15) is 0 Å². The SMILES string of the molecule is CCCCCCCCC(=O)N(CCOC)C(C)c1nc2ccccc2c(=O)n1-c1ccc(C)cc1C. The summed E-state index contributed by atoms with van der Waals surface area (Å²) in [6, 6.07) is 13.1. The zero-order chi connectivity index (χ0) is 26.1. The van der Waals surface area contributed by atoms with Gasteiger partial charge in [0, 0.05) is 20.1 Å². The summed E-state index contributed by atoms with van der Waals surface area (Å²) >= 11 is 0. The summed E-state index contributed by atoms with van der Waals surface area (Å²) in [5.74, 6) is 0.641. The second-order valence-corrected chi connectivity index (χ2v) is 9.69. The van der Waals surface area contributed by atoms with Crippen LogP contribution >= 0.6 is 0 Å². The molecule has 0 fully saturated rings. The maximum Gasteiger partial charge on any atom is 0.266 e. The molecule has 2 aromatic carbocycles. The van der Waals surface area contributed by atoms with E-state index in [9.17, 15) is 9.59 Å². The van der Waals surface area contributed by atoms with Crippen LogP contribution in [0.15, 0.2) is 47.3 Å². The fourth-order valence-electron chi connectivity index (χ4n) is 4.78. The summed E-state index contributed by atoms with van der Waals surface area (Å²) in [4.78, 5) is 34.0. The molecule has 0 aliphatic heterocycles. The van der Waals surface area contributed by atoms with Crippen LogP contribution in [0, 0.1) is 13.8 Å². The van der Waals surface area contributed by atoms with Gasteiger partial charge in [-0.15, -0.1) is 0 Å². The lowest BCUT2D eigenvalue weighted by molar-refractivity contribution is -0.134. The van der Waals surface area contributed by atoms with Crippen LogP contribution in [0.3, 0.4) is 0 Å². The number of carbonyl (C=O) groups excluding carboxylic acids is 1. The Labute approximate surface area is 215 Å². The minimum atomic E-state index is -0.397. The molecule has 3 rings (SSSR count). The monoisotopic (exact) mass is 491 g/mol. The van der Waals surface area contributed by atoms with Crippen LogP contribution in [-0.2, 0) is 9.53 Å². The highest BCUT2D eigenvalue weighted by atomic mass is 16.5. The Morgan fingerprint density at radius 3 is 2.50 bits per heavy atom. The van der Waals surface area contributed by atoms with Gasteiger partial charge < -0.3 is 9.64 Å². The number of amides is 1. The predicted molar refractivity (Wildman–Crippen MR) is 147 cm³/mol. The van der Waals surface area contributed by atoms with Crippen LogP contribution in [0.4, 0.5) is 0 Å². The van der Waals surface area contributed by atoms with Gasteiger partial charge in [0.1, 0.15) is 5.82 Å². The number of fused-ring (bicyclic) bond motifs is 1. The summed E-state index contributed by atoms with van der Waals surface area (Å²) < 4.78 is 7.03. The molecule has 0 aliphatic rings. The first-order valence-electron chi connectivity index (χ1n) is 13.3. The summed E-state index contributed by atoms with van der Waals surface area (Å²) in [5, 5.41) is 0.565. The molecule has 1 aromatic heterocycles. The van der Waals surface area contributed by atoms with E-state index in [0.717, 1.165) is 36.1 Å². The van der Waals surface area contributed by atoms with Gasteiger partial charge in [0.2, 0.25) is 5.91 Å². The van der Waals surface area contributed by atoms with E-state index < -0.39 is 6.04 Å². The van der Waals surface area contributed by atoms with Crippen molar-refractivity contribution in [1.29, 1.82) is 0 Å². The highest BCUT2D eigenvalue weighted by Gasteiger charge is 2.27. The van der Waals surface area contributed by atoms with Crippen LogP contribution in [0.2, 0.25) is 0 Å². The molecule has 6 nitrogen and oxygen atoms in total. The molecule has 1 atom stereocenters. The first-order valence-corrected chi connectivity index (χ1v) is 13.3. The lowest BCUT2D eigenvalue weighted by Crippen LogP contribution is -2.39. The minimum absolute atomic E-state index is 0.0737. The molecular weight excluding hydrogens is 450 g/mol. The standard InChI is InChI=1S/C30H41N3O3/c1-6-7-8-9-10-11-16-28(34)32(19-20-36-5)24(4)29-31-26-15-13-12-14-25(26)30(35)33(29)27-18-17-22(2)21-23(27)3/h12-15,17-18,21,24H,6-11,16,19-20H2,1-5H3. The topological polar surface area (TPSA) is 64.4 Å². The average molecular weight is 492 g/mol. The molecule has 36 heavy (non-hydrogen) atoms. The summed E-state index contributed by atoms with van der Waals surface area (Å²) in [5.41, 5.74) is 3.43. The molecule has 3 aromatic rings. The van der Waals surface area contributed by atoms with Crippen LogP contribution in [0.25, 0.3) is 16.6 Å². The molecule has 0 saturated carbocycles. The minimum Gasteiger partial charge on any atom is -0.383 e. The maximum absolute atomic E-state index is 13.8. The van der Waals surface area contributed by atoms with Crippen LogP contribution in [-0.4, -0.2) is 40.6 Å². The number of ether oxygens (including phenoxy) is 1. The Hall–Kier alpha value is -2.99. The normalized spacial score (nSPS) is 12.1. The van der Waals surface area contributed by atoms with E-state index in [1.54, 1.807) is 11.7 Å². The molecule has 0 N–H and O–H groups in total. The van der Waals surface area contributed by atoms with E-state index >= 15 is 0 Å². The first kappa shape index (κ1) is 27.6. The van der Waals surface area contributed by atoms with Crippen molar-refractivity contribution in [2.75, 3.05) is 20.3 Å². The van der Waals surface area contributed by atoms with E-state index in [1.165, 1.54) is 19.3 Å². The molecule has 0 radical (unpaired) electrons. The number of carbonyl (C=O) groups is 1. The van der Waals surface area contributed by atoms with Gasteiger partial charge >= 0.3 is 0 Å². The van der Waals surface area contributed by atoms with E-state index in [2.05, 4.69) is 13.0 Å². The second-order valence-electron chi connectivity index (χ2n) is 9.69. The average Bonchev–Trinajstić information content (AvgIpc) is 2.87. The smallest absolute Gasteiger partial charge is 0.266 e. The molecule has 0 spiro atoms. The van der Waals surface area contributed by atoms with Gasteiger partial charge in [-0.3, -0.25) is 14.2 Å².